The van der Waals surface area contributed by atoms with Gasteiger partial charge in [0.2, 0.25) is 0 Å². The van der Waals surface area contributed by atoms with Crippen molar-refractivity contribution in [2.45, 2.75) is 24.7 Å². The second-order valence-corrected chi connectivity index (χ2v) is 19.1. The first-order valence-electron chi connectivity index (χ1n) is 24.2. The van der Waals surface area contributed by atoms with Gasteiger partial charge in [0.1, 0.15) is 0 Å². The second kappa shape index (κ2) is 16.5. The molecule has 0 N–H and O–H groups in total. The molecule has 0 aliphatic heterocycles. The lowest BCUT2D eigenvalue weighted by Crippen LogP contribution is -2.40. The van der Waals surface area contributed by atoms with Crippen LogP contribution in [0.4, 0.5) is 0 Å². The van der Waals surface area contributed by atoms with Crippen LogP contribution in [0.3, 0.4) is 0 Å². The number of hydrogen-bond acceptors (Lipinski definition) is 3. The third-order valence-electron chi connectivity index (χ3n) is 14.9. The maximum absolute atomic E-state index is 5.42. The van der Waals surface area contributed by atoms with Crippen LogP contribution in [-0.4, -0.2) is 15.0 Å². The van der Waals surface area contributed by atoms with E-state index in [0.717, 1.165) is 38.9 Å². The molecule has 3 heteroatoms. The number of benzene rings is 10. The van der Waals surface area contributed by atoms with Crippen molar-refractivity contribution in [2.75, 3.05) is 0 Å². The van der Waals surface area contributed by atoms with Gasteiger partial charge in [0.15, 0.2) is 17.5 Å². The van der Waals surface area contributed by atoms with Gasteiger partial charge in [-0.1, -0.05) is 257 Å². The topological polar surface area (TPSA) is 38.7 Å². The molecule has 11 aromatic rings. The SMILES string of the molecule is CC1(C)c2ccccc2C2(c3ccc(-c4ccc(-c5ccc(-c6ccccc6)cc5)cc4)cc3-c3c(-c4nc(-c5ccccc5)nc(-c5ccc(-c6ccccc6)cc5)n4)cccc32)c2ccccc21. The van der Waals surface area contributed by atoms with Crippen molar-refractivity contribution in [2.24, 2.45) is 0 Å². The molecule has 10 aromatic carbocycles. The minimum atomic E-state index is -0.594. The highest BCUT2D eigenvalue weighted by molar-refractivity contribution is 5.97. The number of aromatic nitrogens is 3. The molecule has 2 aliphatic rings. The van der Waals surface area contributed by atoms with Gasteiger partial charge >= 0.3 is 0 Å². The molecule has 0 amide bonds. The summed E-state index contributed by atoms with van der Waals surface area (Å²) in [6.45, 7) is 4.75. The molecule has 0 saturated heterocycles. The third kappa shape index (κ3) is 6.61. The zero-order valence-corrected chi connectivity index (χ0v) is 39.0. The predicted molar refractivity (Wildman–Crippen MR) is 287 cm³/mol. The van der Waals surface area contributed by atoms with Gasteiger partial charge in [0.25, 0.3) is 0 Å². The van der Waals surface area contributed by atoms with Crippen molar-refractivity contribution in [3.63, 3.8) is 0 Å². The highest BCUT2D eigenvalue weighted by atomic mass is 15.0. The first-order valence-corrected chi connectivity index (χ1v) is 24.2. The second-order valence-electron chi connectivity index (χ2n) is 19.1. The van der Waals surface area contributed by atoms with Gasteiger partial charge in [-0.05, 0) is 95.1 Å². The van der Waals surface area contributed by atoms with Crippen LogP contribution in [0.5, 0.6) is 0 Å². The first kappa shape index (κ1) is 41.4. The Bertz CT molecular complexity index is 3700. The zero-order valence-electron chi connectivity index (χ0n) is 39.0. The number of rotatable bonds is 7. The predicted octanol–water partition coefficient (Wildman–Crippen LogP) is 16.5. The Morgan fingerprint density at radius 1 is 0.243 bits per heavy atom. The van der Waals surface area contributed by atoms with Crippen LogP contribution >= 0.6 is 0 Å². The number of nitrogens with zero attached hydrogens (tertiary/aromatic N) is 3. The first-order chi connectivity index (χ1) is 34.4. The molecule has 0 unspecified atom stereocenters. The Balaban J connectivity index is 1.01. The maximum Gasteiger partial charge on any atom is 0.164 e. The van der Waals surface area contributed by atoms with Crippen molar-refractivity contribution in [3.8, 4) is 89.8 Å². The van der Waals surface area contributed by atoms with E-state index in [1.807, 2.05) is 24.3 Å². The van der Waals surface area contributed by atoms with Gasteiger partial charge in [-0.3, -0.25) is 0 Å². The van der Waals surface area contributed by atoms with Gasteiger partial charge < -0.3 is 0 Å². The van der Waals surface area contributed by atoms with Crippen LogP contribution in [0, 0.1) is 0 Å². The summed E-state index contributed by atoms with van der Waals surface area (Å²) in [6.07, 6.45) is 0. The van der Waals surface area contributed by atoms with Crippen molar-refractivity contribution < 1.29 is 0 Å². The largest absolute Gasteiger partial charge is 0.208 e. The third-order valence-corrected chi connectivity index (χ3v) is 14.9. The van der Waals surface area contributed by atoms with Gasteiger partial charge in [0, 0.05) is 22.1 Å². The summed E-state index contributed by atoms with van der Waals surface area (Å²) in [5, 5.41) is 0. The minimum Gasteiger partial charge on any atom is -0.208 e. The lowest BCUT2D eigenvalue weighted by molar-refractivity contribution is 0.563. The molecular formula is C67H47N3. The molecule has 330 valence electrons. The Hall–Kier alpha value is -8.79. The van der Waals surface area contributed by atoms with E-state index in [0.29, 0.717) is 17.5 Å². The summed E-state index contributed by atoms with van der Waals surface area (Å²) in [6, 6.07) is 90.0. The van der Waals surface area contributed by atoms with Crippen molar-refractivity contribution in [1.82, 2.24) is 15.0 Å². The molecule has 0 bridgehead atoms. The molecule has 1 spiro atoms. The van der Waals surface area contributed by atoms with Gasteiger partial charge in [0.05, 0.1) is 5.41 Å². The van der Waals surface area contributed by atoms with E-state index >= 15 is 0 Å². The number of fused-ring (bicyclic) bond motifs is 9. The molecule has 1 heterocycles. The minimum absolute atomic E-state index is 0.216. The summed E-state index contributed by atoms with van der Waals surface area (Å²) >= 11 is 0. The van der Waals surface area contributed by atoms with Crippen molar-refractivity contribution in [3.05, 3.63) is 282 Å². The standard InChI is InChI=1S/C67H47N3/c1-66(2)57-24-12-14-26-59(57)67(60-27-15-13-25-58(60)66)56-42-41-53(50-35-33-49(34-36-50)48-31-29-46(30-32-48)44-17-6-3-7-18-44)43-55(56)62-54(23-16-28-61(62)67)65-69-63(51-21-10-5-11-22-51)68-64(70-65)52-39-37-47(38-40-52)45-19-8-4-9-20-45/h3-43H,1-2H3. The highest BCUT2D eigenvalue weighted by Crippen LogP contribution is 2.63. The summed E-state index contributed by atoms with van der Waals surface area (Å²) in [5.41, 5.74) is 21.6. The maximum atomic E-state index is 5.42. The zero-order chi connectivity index (χ0) is 46.8. The average Bonchev–Trinajstić information content (AvgIpc) is 3.73. The van der Waals surface area contributed by atoms with E-state index in [2.05, 4.69) is 238 Å². The molecule has 13 rings (SSSR count). The Morgan fingerprint density at radius 3 is 1.07 bits per heavy atom. The summed E-state index contributed by atoms with van der Waals surface area (Å²) in [7, 11) is 0. The Labute approximate surface area is 409 Å². The van der Waals surface area contributed by atoms with Crippen LogP contribution in [0.25, 0.3) is 89.8 Å². The molecule has 0 radical (unpaired) electrons. The van der Waals surface area contributed by atoms with E-state index < -0.39 is 5.41 Å². The average molecular weight is 894 g/mol. The number of hydrogen-bond donors (Lipinski definition) is 0. The van der Waals surface area contributed by atoms with Crippen LogP contribution in [0.2, 0.25) is 0 Å². The molecule has 0 fully saturated rings. The molecule has 0 atom stereocenters. The monoisotopic (exact) mass is 893 g/mol. The van der Waals surface area contributed by atoms with Crippen LogP contribution < -0.4 is 0 Å². The fourth-order valence-corrected chi connectivity index (χ4v) is 11.4. The summed E-state index contributed by atoms with van der Waals surface area (Å²) in [4.78, 5) is 16.0. The van der Waals surface area contributed by atoms with Crippen LogP contribution in [-0.2, 0) is 10.8 Å². The van der Waals surface area contributed by atoms with Crippen molar-refractivity contribution in [1.29, 1.82) is 0 Å². The molecular weight excluding hydrogens is 847 g/mol. The molecule has 3 nitrogen and oxygen atoms in total. The summed E-state index contributed by atoms with van der Waals surface area (Å²) < 4.78 is 0. The van der Waals surface area contributed by atoms with Gasteiger partial charge in [-0.15, -0.1) is 0 Å². The van der Waals surface area contributed by atoms with Gasteiger partial charge in [-0.2, -0.15) is 0 Å². The van der Waals surface area contributed by atoms with Crippen molar-refractivity contribution >= 4 is 0 Å². The molecule has 0 saturated carbocycles. The lowest BCUT2D eigenvalue weighted by atomic mass is 9.55. The fourth-order valence-electron chi connectivity index (χ4n) is 11.4. The summed E-state index contributed by atoms with van der Waals surface area (Å²) in [5.74, 6) is 1.91. The van der Waals surface area contributed by atoms with E-state index in [-0.39, 0.29) is 5.41 Å². The molecule has 2 aliphatic carbocycles. The van der Waals surface area contributed by atoms with E-state index in [1.165, 1.54) is 66.8 Å². The fraction of sp³-hybridized carbons (Fsp3) is 0.0597. The Kier molecular flexibility index (Phi) is 9.74. The van der Waals surface area contributed by atoms with E-state index in [1.54, 1.807) is 0 Å². The van der Waals surface area contributed by atoms with E-state index in [9.17, 15) is 0 Å². The normalized spacial score (nSPS) is 13.5. The van der Waals surface area contributed by atoms with Gasteiger partial charge in [-0.25, -0.2) is 15.0 Å². The highest BCUT2D eigenvalue weighted by Gasteiger charge is 2.54. The molecule has 70 heavy (non-hydrogen) atoms. The lowest BCUT2D eigenvalue weighted by Gasteiger charge is -2.46. The quantitative estimate of drug-likeness (QED) is 0.160. The van der Waals surface area contributed by atoms with E-state index in [4.69, 9.17) is 15.0 Å². The van der Waals surface area contributed by atoms with Crippen LogP contribution in [0.15, 0.2) is 249 Å². The Morgan fingerprint density at radius 2 is 0.586 bits per heavy atom. The smallest absolute Gasteiger partial charge is 0.164 e. The van der Waals surface area contributed by atoms with Crippen LogP contribution in [0.1, 0.15) is 47.2 Å². The molecule has 1 aromatic heterocycles.